The Bertz CT molecular complexity index is 1430. The fourth-order valence-corrected chi connectivity index (χ4v) is 5.66. The van der Waals surface area contributed by atoms with E-state index in [1.807, 2.05) is 0 Å². The third kappa shape index (κ3) is 5.42. The van der Waals surface area contributed by atoms with Crippen molar-refractivity contribution in [2.75, 3.05) is 23.8 Å². The number of thioether (sulfide) groups is 1. The summed E-state index contributed by atoms with van der Waals surface area (Å²) in [7, 11) is 0. The van der Waals surface area contributed by atoms with E-state index in [-0.39, 0.29) is 42.1 Å². The molecule has 0 aliphatic carbocycles. The van der Waals surface area contributed by atoms with Crippen LogP contribution in [0.2, 0.25) is 0 Å². The van der Waals surface area contributed by atoms with Crippen LogP contribution < -0.4 is 21.5 Å². The van der Waals surface area contributed by atoms with Gasteiger partial charge in [-0.15, -0.1) is 21.1 Å². The summed E-state index contributed by atoms with van der Waals surface area (Å²) in [6, 6.07) is 0.490. The molecule has 2 aliphatic heterocycles. The molecule has 2 aromatic rings. The Morgan fingerprint density at radius 3 is 2.65 bits per heavy atom. The summed E-state index contributed by atoms with van der Waals surface area (Å²) in [5, 5.41) is 34.0. The standard InChI is InChI=1S/C21H25N9O8S2/c1-21(2,19(36)37)38-26-11(14-25-20(23)40-27-14)15(32)24-12-16(33)30-13(18(34)35)9(8-39-17(12)30)7-28-4-3-10(22)29(28)5-6-31/h3-4,12,17,22,31H,5-8H2,1-2H3,(H5,23,24,25,27,32,34,35,36,37)/p+1/t12-,17-/m1/s1. The molecule has 0 unspecified atom stereocenters. The number of anilines is 2. The number of carboxylic acids is 2. The van der Waals surface area contributed by atoms with Gasteiger partial charge >= 0.3 is 11.9 Å². The van der Waals surface area contributed by atoms with Crippen LogP contribution in [-0.4, -0.2) is 93.1 Å². The summed E-state index contributed by atoms with van der Waals surface area (Å²) < 4.78 is 7.14. The highest BCUT2D eigenvalue weighted by molar-refractivity contribution is 8.00. The van der Waals surface area contributed by atoms with Gasteiger partial charge in [-0.25, -0.2) is 9.59 Å². The summed E-state index contributed by atoms with van der Waals surface area (Å²) in [6.45, 7) is 2.54. The van der Waals surface area contributed by atoms with Crippen LogP contribution >= 0.6 is 23.3 Å². The minimum absolute atomic E-state index is 0.00949. The molecule has 2 aliphatic rings. The number of hydrogen-bond donors (Lipinski definition) is 6. The third-order valence-corrected chi connectivity index (χ3v) is 7.86. The average Bonchev–Trinajstić information content (AvgIpc) is 3.47. The van der Waals surface area contributed by atoms with E-state index in [0.29, 0.717) is 11.4 Å². The maximum atomic E-state index is 13.2. The first-order valence-electron chi connectivity index (χ1n) is 11.6. The number of aromatic nitrogens is 4. The Labute approximate surface area is 234 Å². The number of carboxylic acid groups (broad SMARTS) is 2. The van der Waals surface area contributed by atoms with Crippen LogP contribution in [0.1, 0.15) is 19.7 Å². The topological polar surface area (TPSA) is 252 Å². The molecule has 0 bridgehead atoms. The van der Waals surface area contributed by atoms with E-state index in [1.165, 1.54) is 25.6 Å². The van der Waals surface area contributed by atoms with E-state index < -0.39 is 46.5 Å². The number of nitrogens with zero attached hydrogens (tertiary/aromatic N) is 6. The van der Waals surface area contributed by atoms with E-state index in [9.17, 15) is 34.5 Å². The van der Waals surface area contributed by atoms with Crippen molar-refractivity contribution in [3.8, 4) is 0 Å². The van der Waals surface area contributed by atoms with Gasteiger partial charge in [0.1, 0.15) is 23.7 Å². The van der Waals surface area contributed by atoms with Crippen molar-refractivity contribution in [2.45, 2.75) is 44.0 Å². The summed E-state index contributed by atoms with van der Waals surface area (Å²) in [5.74, 6) is -3.93. The molecule has 19 heteroatoms. The van der Waals surface area contributed by atoms with Gasteiger partial charge < -0.3 is 36.9 Å². The van der Waals surface area contributed by atoms with Crippen molar-refractivity contribution in [3.05, 3.63) is 29.4 Å². The fourth-order valence-electron chi connectivity index (χ4n) is 3.89. The van der Waals surface area contributed by atoms with Crippen LogP contribution in [0.4, 0.5) is 10.9 Å². The smallest absolute Gasteiger partial charge is 0.352 e. The lowest BCUT2D eigenvalue weighted by molar-refractivity contribution is -0.767. The highest BCUT2D eigenvalue weighted by Crippen LogP contribution is 2.40. The van der Waals surface area contributed by atoms with Gasteiger partial charge in [0.2, 0.25) is 17.1 Å². The molecule has 214 valence electrons. The Morgan fingerprint density at radius 1 is 1.32 bits per heavy atom. The molecule has 0 aromatic carbocycles. The average molecular weight is 597 g/mol. The van der Waals surface area contributed by atoms with E-state index in [1.54, 1.807) is 21.6 Å². The number of aliphatic carboxylic acids is 2. The second-order valence-electron chi connectivity index (χ2n) is 9.11. The number of aliphatic hydroxyl groups is 1. The quantitative estimate of drug-likeness (QED) is 0.0698. The first kappa shape index (κ1) is 28.8. The van der Waals surface area contributed by atoms with Gasteiger partial charge in [-0.2, -0.15) is 9.36 Å². The Morgan fingerprint density at radius 2 is 2.05 bits per heavy atom. The molecule has 4 rings (SSSR count). The lowest BCUT2D eigenvalue weighted by Crippen LogP contribution is -2.71. The second-order valence-corrected chi connectivity index (χ2v) is 11.0. The number of nitrogens with two attached hydrogens (primary N) is 2. The van der Waals surface area contributed by atoms with Crippen LogP contribution in [-0.2, 0) is 37.1 Å². The molecule has 2 aromatic heterocycles. The summed E-state index contributed by atoms with van der Waals surface area (Å²) >= 11 is 2.01. The number of aliphatic hydroxyl groups excluding tert-OH is 1. The van der Waals surface area contributed by atoms with Crippen molar-refractivity contribution in [1.82, 2.24) is 24.3 Å². The number of hydrogen-bond acceptors (Lipinski definition) is 13. The number of carbonyl (C=O) groups excluding carboxylic acids is 2. The van der Waals surface area contributed by atoms with Crippen molar-refractivity contribution < 1.29 is 44.0 Å². The molecule has 4 heterocycles. The molecular weight excluding hydrogens is 570 g/mol. The van der Waals surface area contributed by atoms with Crippen molar-refractivity contribution in [3.63, 3.8) is 0 Å². The lowest BCUT2D eigenvalue weighted by Gasteiger charge is -2.49. The molecule has 1 fully saturated rings. The van der Waals surface area contributed by atoms with Crippen molar-refractivity contribution in [2.24, 2.45) is 5.16 Å². The van der Waals surface area contributed by atoms with Crippen LogP contribution in [0.15, 0.2) is 28.7 Å². The summed E-state index contributed by atoms with van der Waals surface area (Å²) in [6.07, 6.45) is 1.64. The predicted molar refractivity (Wildman–Crippen MR) is 139 cm³/mol. The van der Waals surface area contributed by atoms with Gasteiger partial charge in [-0.1, -0.05) is 5.16 Å². The Balaban J connectivity index is 1.56. The second kappa shape index (κ2) is 11.1. The maximum Gasteiger partial charge on any atom is 0.352 e. The summed E-state index contributed by atoms with van der Waals surface area (Å²) in [5.41, 5.74) is 9.45. The zero-order valence-electron chi connectivity index (χ0n) is 21.2. The monoisotopic (exact) mass is 596 g/mol. The minimum Gasteiger partial charge on any atom is -0.478 e. The van der Waals surface area contributed by atoms with Crippen LogP contribution in [0.5, 0.6) is 0 Å². The van der Waals surface area contributed by atoms with Gasteiger partial charge in [-0.3, -0.25) is 14.5 Å². The molecule has 0 saturated carbocycles. The normalized spacial score (nSPS) is 19.2. The molecular formula is C21H26N9O8S2+. The highest BCUT2D eigenvalue weighted by atomic mass is 32.2. The molecule has 1 saturated heterocycles. The molecule has 0 spiro atoms. The van der Waals surface area contributed by atoms with Gasteiger partial charge in [0.25, 0.3) is 11.8 Å². The first-order valence-corrected chi connectivity index (χ1v) is 13.4. The van der Waals surface area contributed by atoms with Gasteiger partial charge in [0.15, 0.2) is 23.7 Å². The van der Waals surface area contributed by atoms with E-state index >= 15 is 0 Å². The molecule has 0 radical (unpaired) electrons. The number of fused-ring (bicyclic) bond motifs is 1. The SMILES string of the molecule is CC(C)(ON=C(C(=O)N[C@@H]1C(=O)N2C(C(=O)O)=C(C[n+]3ccc(N)n3CCO)CS[C@H]12)c1nsc(N)n1)C(=O)O. The number of oxime groups is 1. The Kier molecular flexibility index (Phi) is 7.98. The lowest BCUT2D eigenvalue weighted by atomic mass is 10.0. The molecule has 17 nitrogen and oxygen atoms in total. The number of rotatable bonds is 11. The largest absolute Gasteiger partial charge is 0.478 e. The Hall–Kier alpha value is -4.23. The zero-order valence-corrected chi connectivity index (χ0v) is 22.8. The fraction of sp³-hybridized carbons (Fsp3) is 0.429. The maximum absolute atomic E-state index is 13.2. The first-order chi connectivity index (χ1) is 18.9. The number of amides is 2. The predicted octanol–water partition coefficient (Wildman–Crippen LogP) is -2.19. The van der Waals surface area contributed by atoms with Gasteiger partial charge in [0.05, 0.1) is 12.7 Å². The number of nitrogen functional groups attached to an aromatic ring is 2. The van der Waals surface area contributed by atoms with Crippen molar-refractivity contribution in [1.29, 1.82) is 0 Å². The highest BCUT2D eigenvalue weighted by Gasteiger charge is 2.55. The number of β-lactam (4-membered cyclic amide) rings is 1. The van der Waals surface area contributed by atoms with Gasteiger partial charge in [-0.05, 0) is 13.8 Å². The van der Waals surface area contributed by atoms with E-state index in [0.717, 1.165) is 16.4 Å². The van der Waals surface area contributed by atoms with Crippen LogP contribution in [0, 0.1) is 0 Å². The number of carbonyl (C=O) groups is 4. The zero-order chi connectivity index (χ0) is 29.4. The molecule has 40 heavy (non-hydrogen) atoms. The number of nitrogens with one attached hydrogen (secondary N) is 1. The van der Waals surface area contributed by atoms with Crippen LogP contribution in [0.25, 0.3) is 0 Å². The minimum atomic E-state index is -1.80. The molecule has 2 amide bonds. The third-order valence-electron chi connectivity index (χ3n) is 5.98. The van der Waals surface area contributed by atoms with Gasteiger partial charge in [0, 0.05) is 22.9 Å². The summed E-state index contributed by atoms with van der Waals surface area (Å²) in [4.78, 5) is 59.9. The van der Waals surface area contributed by atoms with E-state index in [4.69, 9.17) is 16.3 Å². The molecule has 2 atom stereocenters. The molecule has 8 N–H and O–H groups in total. The van der Waals surface area contributed by atoms with E-state index in [2.05, 4.69) is 19.8 Å². The van der Waals surface area contributed by atoms with Crippen LogP contribution in [0.3, 0.4) is 0 Å². The van der Waals surface area contributed by atoms with Crippen molar-refractivity contribution >= 4 is 63.7 Å².